The van der Waals surface area contributed by atoms with Crippen LogP contribution in [0.25, 0.3) is 0 Å². The van der Waals surface area contributed by atoms with E-state index in [1.165, 1.54) is 25.8 Å². The van der Waals surface area contributed by atoms with Crippen molar-refractivity contribution < 1.29 is 0 Å². The van der Waals surface area contributed by atoms with Crippen LogP contribution in [0.4, 0.5) is 0 Å². The molecule has 1 aliphatic carbocycles. The number of rotatable bonds is 3. The van der Waals surface area contributed by atoms with Crippen molar-refractivity contribution in [1.82, 2.24) is 5.32 Å². The van der Waals surface area contributed by atoms with Crippen LogP contribution in [0.3, 0.4) is 0 Å². The summed E-state index contributed by atoms with van der Waals surface area (Å²) in [4.78, 5) is 0. The Kier molecular flexibility index (Phi) is 2.82. The maximum atomic E-state index is 3.57. The van der Waals surface area contributed by atoms with Crippen LogP contribution in [0.5, 0.6) is 0 Å². The van der Waals surface area contributed by atoms with Crippen LogP contribution in [0, 0.1) is 10.8 Å². The lowest BCUT2D eigenvalue weighted by Crippen LogP contribution is -2.40. The predicted molar refractivity (Wildman–Crippen MR) is 54.3 cm³/mol. The van der Waals surface area contributed by atoms with Crippen LogP contribution < -0.4 is 5.32 Å². The summed E-state index contributed by atoms with van der Waals surface area (Å²) in [5.41, 5.74) is 1.06. The quantitative estimate of drug-likeness (QED) is 0.685. The van der Waals surface area contributed by atoms with Gasteiger partial charge in [0.25, 0.3) is 0 Å². The van der Waals surface area contributed by atoms with Crippen molar-refractivity contribution >= 4 is 0 Å². The molecule has 0 saturated heterocycles. The normalized spacial score (nSPS) is 22.0. The Morgan fingerprint density at radius 1 is 1.25 bits per heavy atom. The fourth-order valence-corrected chi connectivity index (χ4v) is 1.70. The second kappa shape index (κ2) is 3.37. The lowest BCUT2D eigenvalue weighted by molar-refractivity contribution is 0.151. The zero-order valence-electron chi connectivity index (χ0n) is 9.04. The van der Waals surface area contributed by atoms with Gasteiger partial charge in [0.05, 0.1) is 0 Å². The Balaban J connectivity index is 2.10. The first kappa shape index (κ1) is 10.0. The molecule has 0 bridgehead atoms. The molecule has 12 heavy (non-hydrogen) atoms. The van der Waals surface area contributed by atoms with E-state index in [4.69, 9.17) is 0 Å². The molecule has 0 aromatic carbocycles. The predicted octanol–water partition coefficient (Wildman–Crippen LogP) is 2.81. The lowest BCUT2D eigenvalue weighted by atomic mass is 9.70. The van der Waals surface area contributed by atoms with Gasteiger partial charge in [0.15, 0.2) is 0 Å². The van der Waals surface area contributed by atoms with Gasteiger partial charge in [-0.1, -0.05) is 34.1 Å². The molecular formula is C11H23N. The van der Waals surface area contributed by atoms with Crippen LogP contribution in [-0.2, 0) is 0 Å². The maximum absolute atomic E-state index is 3.57. The topological polar surface area (TPSA) is 12.0 Å². The molecule has 1 saturated carbocycles. The SMILES string of the molecule is CC(C)(C)CNCC1(C)CCC1. The molecule has 1 nitrogen and oxygen atoms in total. The molecule has 0 atom stereocenters. The molecule has 0 spiro atoms. The van der Waals surface area contributed by atoms with E-state index in [0.29, 0.717) is 10.8 Å². The van der Waals surface area contributed by atoms with Crippen LogP contribution in [0.2, 0.25) is 0 Å². The largest absolute Gasteiger partial charge is 0.316 e. The van der Waals surface area contributed by atoms with Gasteiger partial charge < -0.3 is 5.32 Å². The van der Waals surface area contributed by atoms with Gasteiger partial charge in [-0.3, -0.25) is 0 Å². The third kappa shape index (κ3) is 3.14. The molecule has 0 aromatic rings. The molecule has 0 heterocycles. The van der Waals surface area contributed by atoms with Crippen LogP contribution in [0.1, 0.15) is 47.0 Å². The van der Waals surface area contributed by atoms with E-state index >= 15 is 0 Å². The summed E-state index contributed by atoms with van der Waals surface area (Å²) in [6, 6.07) is 0. The highest BCUT2D eigenvalue weighted by Gasteiger charge is 2.31. The van der Waals surface area contributed by atoms with Crippen LogP contribution in [-0.4, -0.2) is 13.1 Å². The second-order valence-electron chi connectivity index (χ2n) is 5.83. The molecule has 1 aliphatic rings. The molecule has 0 aliphatic heterocycles. The van der Waals surface area contributed by atoms with E-state index in [1.54, 1.807) is 0 Å². The molecule has 0 amide bonds. The van der Waals surface area contributed by atoms with Gasteiger partial charge in [-0.25, -0.2) is 0 Å². The Bertz CT molecular complexity index is 140. The highest BCUT2D eigenvalue weighted by atomic mass is 14.9. The highest BCUT2D eigenvalue weighted by Crippen LogP contribution is 2.39. The summed E-state index contributed by atoms with van der Waals surface area (Å²) in [5.74, 6) is 0. The van der Waals surface area contributed by atoms with Gasteiger partial charge in [-0.05, 0) is 23.7 Å². The smallest absolute Gasteiger partial charge is 0.000539 e. The molecular weight excluding hydrogens is 146 g/mol. The molecule has 0 aromatic heterocycles. The summed E-state index contributed by atoms with van der Waals surface area (Å²) in [6.07, 6.45) is 4.28. The Labute approximate surface area is 76.9 Å². The van der Waals surface area contributed by atoms with Gasteiger partial charge in [-0.15, -0.1) is 0 Å². The Morgan fingerprint density at radius 3 is 2.17 bits per heavy atom. The zero-order chi connectivity index (χ0) is 9.24. The molecule has 72 valence electrons. The van der Waals surface area contributed by atoms with Gasteiger partial charge in [0.1, 0.15) is 0 Å². The van der Waals surface area contributed by atoms with Gasteiger partial charge in [0, 0.05) is 13.1 Å². The van der Waals surface area contributed by atoms with E-state index in [0.717, 1.165) is 6.54 Å². The zero-order valence-corrected chi connectivity index (χ0v) is 9.04. The minimum absolute atomic E-state index is 0.431. The number of hydrogen-bond acceptors (Lipinski definition) is 1. The summed E-state index contributed by atoms with van der Waals surface area (Å²) in [6.45, 7) is 11.6. The van der Waals surface area contributed by atoms with Crippen LogP contribution in [0.15, 0.2) is 0 Å². The Hall–Kier alpha value is -0.0400. The van der Waals surface area contributed by atoms with Crippen molar-refractivity contribution in [2.45, 2.75) is 47.0 Å². The molecule has 0 radical (unpaired) electrons. The first-order chi connectivity index (χ1) is 5.41. The third-order valence-electron chi connectivity index (χ3n) is 2.77. The van der Waals surface area contributed by atoms with E-state index < -0.39 is 0 Å². The molecule has 0 unspecified atom stereocenters. The maximum Gasteiger partial charge on any atom is 0.000539 e. The summed E-state index contributed by atoms with van der Waals surface area (Å²) in [5, 5.41) is 3.57. The summed E-state index contributed by atoms with van der Waals surface area (Å²) in [7, 11) is 0. The monoisotopic (exact) mass is 169 g/mol. The van der Waals surface area contributed by atoms with E-state index in [1.807, 2.05) is 0 Å². The minimum atomic E-state index is 0.431. The van der Waals surface area contributed by atoms with Crippen molar-refractivity contribution in [3.05, 3.63) is 0 Å². The number of hydrogen-bond donors (Lipinski definition) is 1. The minimum Gasteiger partial charge on any atom is -0.316 e. The van der Waals surface area contributed by atoms with Gasteiger partial charge in [-0.2, -0.15) is 0 Å². The fraction of sp³-hybridized carbons (Fsp3) is 1.00. The van der Waals surface area contributed by atoms with Gasteiger partial charge >= 0.3 is 0 Å². The molecule has 1 fully saturated rings. The van der Waals surface area contributed by atoms with Crippen molar-refractivity contribution in [3.63, 3.8) is 0 Å². The molecule has 1 N–H and O–H groups in total. The first-order valence-electron chi connectivity index (χ1n) is 5.12. The lowest BCUT2D eigenvalue weighted by Gasteiger charge is -2.39. The van der Waals surface area contributed by atoms with Gasteiger partial charge in [0.2, 0.25) is 0 Å². The first-order valence-corrected chi connectivity index (χ1v) is 5.12. The fourth-order valence-electron chi connectivity index (χ4n) is 1.70. The van der Waals surface area contributed by atoms with Crippen molar-refractivity contribution in [2.75, 3.05) is 13.1 Å². The van der Waals surface area contributed by atoms with Crippen molar-refractivity contribution in [3.8, 4) is 0 Å². The van der Waals surface area contributed by atoms with Crippen molar-refractivity contribution in [2.24, 2.45) is 10.8 Å². The summed E-state index contributed by atoms with van der Waals surface area (Å²) >= 11 is 0. The van der Waals surface area contributed by atoms with Crippen molar-refractivity contribution in [1.29, 1.82) is 0 Å². The average Bonchev–Trinajstić information content (AvgIpc) is 1.81. The summed E-state index contributed by atoms with van der Waals surface area (Å²) < 4.78 is 0. The van der Waals surface area contributed by atoms with E-state index in [2.05, 4.69) is 33.0 Å². The van der Waals surface area contributed by atoms with E-state index in [-0.39, 0.29) is 0 Å². The third-order valence-corrected chi connectivity index (χ3v) is 2.77. The number of nitrogens with one attached hydrogen (secondary N) is 1. The standard InChI is InChI=1S/C11H23N/c1-10(2,3)8-12-9-11(4)6-5-7-11/h12H,5-9H2,1-4H3. The second-order valence-corrected chi connectivity index (χ2v) is 5.83. The average molecular weight is 169 g/mol. The Morgan fingerprint density at radius 2 is 1.83 bits per heavy atom. The van der Waals surface area contributed by atoms with Crippen LogP contribution >= 0.6 is 0 Å². The molecule has 1 heteroatoms. The van der Waals surface area contributed by atoms with E-state index in [9.17, 15) is 0 Å². The highest BCUT2D eigenvalue weighted by molar-refractivity contribution is 4.85. The molecule has 1 rings (SSSR count).